The zero-order valence-corrected chi connectivity index (χ0v) is 15.1. The topological polar surface area (TPSA) is 101 Å². The Morgan fingerprint density at radius 3 is 2.41 bits per heavy atom. The Bertz CT molecular complexity index is 924. The molecule has 1 heterocycles. The number of thioether (sulfide) groups is 1. The molecular weight excluding hydrogens is 370 g/mol. The molecule has 1 atom stereocenters. The second kappa shape index (κ2) is 7.63. The number of carbonyl (C=O) groups excluding carboxylic acids is 3. The molecule has 3 rings (SSSR count). The summed E-state index contributed by atoms with van der Waals surface area (Å²) in [5.41, 5.74) is 0.461. The largest absolute Gasteiger partial charge is 0.478 e. The van der Waals surface area contributed by atoms with E-state index in [1.54, 1.807) is 18.2 Å². The van der Waals surface area contributed by atoms with Gasteiger partial charge < -0.3 is 9.84 Å². The minimum atomic E-state index is -1.09. The van der Waals surface area contributed by atoms with E-state index in [0.717, 1.165) is 16.7 Å². The summed E-state index contributed by atoms with van der Waals surface area (Å²) in [5.74, 6) is -2.03. The lowest BCUT2D eigenvalue weighted by atomic mass is 10.2. The predicted octanol–water partition coefficient (Wildman–Crippen LogP) is 2.73. The smallest absolute Gasteiger partial charge is 0.336 e. The molecule has 1 aliphatic rings. The van der Waals surface area contributed by atoms with E-state index in [4.69, 9.17) is 4.74 Å². The lowest BCUT2D eigenvalue weighted by molar-refractivity contribution is -0.132. The minimum Gasteiger partial charge on any atom is -0.478 e. The summed E-state index contributed by atoms with van der Waals surface area (Å²) in [6.07, 6.45) is -0.0247. The number of benzene rings is 2. The highest BCUT2D eigenvalue weighted by molar-refractivity contribution is 8.00. The number of imide groups is 1. The summed E-state index contributed by atoms with van der Waals surface area (Å²) < 4.78 is 4.93. The first-order chi connectivity index (χ1) is 12.9. The maximum absolute atomic E-state index is 12.7. The van der Waals surface area contributed by atoms with Crippen LogP contribution in [0.4, 0.5) is 5.69 Å². The minimum absolute atomic E-state index is 0.0247. The molecule has 0 bridgehead atoms. The van der Waals surface area contributed by atoms with E-state index >= 15 is 0 Å². The molecule has 0 radical (unpaired) electrons. The lowest BCUT2D eigenvalue weighted by Crippen LogP contribution is -2.31. The first kappa shape index (κ1) is 18.7. The van der Waals surface area contributed by atoms with Crippen LogP contribution in [0.25, 0.3) is 0 Å². The van der Waals surface area contributed by atoms with Crippen LogP contribution in [-0.4, -0.2) is 34.1 Å². The Hall–Kier alpha value is -3.13. The molecule has 1 aliphatic heterocycles. The van der Waals surface area contributed by atoms with Gasteiger partial charge in [-0.25, -0.2) is 9.69 Å². The summed E-state index contributed by atoms with van der Waals surface area (Å²) in [7, 11) is 0. The molecule has 0 aromatic heterocycles. The SMILES string of the molecule is CC(=O)Oc1ccc(N2C(=O)C[C@@H](Sc3ccccc3C(=O)O)C2=O)cc1. The van der Waals surface area contributed by atoms with Crippen molar-refractivity contribution in [1.29, 1.82) is 0 Å². The van der Waals surface area contributed by atoms with Crippen molar-refractivity contribution < 1.29 is 29.0 Å². The number of carbonyl (C=O) groups is 4. The highest BCUT2D eigenvalue weighted by atomic mass is 32.2. The van der Waals surface area contributed by atoms with Crippen LogP contribution in [0.2, 0.25) is 0 Å². The van der Waals surface area contributed by atoms with E-state index in [9.17, 15) is 24.3 Å². The van der Waals surface area contributed by atoms with Gasteiger partial charge in [-0.2, -0.15) is 0 Å². The highest BCUT2D eigenvalue weighted by Gasteiger charge is 2.40. The monoisotopic (exact) mass is 385 g/mol. The van der Waals surface area contributed by atoms with Crippen molar-refractivity contribution in [3.8, 4) is 5.75 Å². The van der Waals surface area contributed by atoms with Gasteiger partial charge in [-0.1, -0.05) is 12.1 Å². The van der Waals surface area contributed by atoms with Gasteiger partial charge in [0.05, 0.1) is 16.5 Å². The Morgan fingerprint density at radius 2 is 1.78 bits per heavy atom. The molecule has 2 aromatic rings. The molecular formula is C19H15NO6S. The van der Waals surface area contributed by atoms with E-state index in [2.05, 4.69) is 0 Å². The summed E-state index contributed by atoms with van der Waals surface area (Å²) in [5, 5.41) is 8.56. The molecule has 2 aromatic carbocycles. The van der Waals surface area contributed by atoms with Crippen molar-refractivity contribution in [2.24, 2.45) is 0 Å². The third-order valence-corrected chi connectivity index (χ3v) is 5.11. The van der Waals surface area contributed by atoms with Crippen LogP contribution in [0.1, 0.15) is 23.7 Å². The van der Waals surface area contributed by atoms with Gasteiger partial charge in [-0.15, -0.1) is 11.8 Å². The fourth-order valence-corrected chi connectivity index (χ4v) is 3.87. The highest BCUT2D eigenvalue weighted by Crippen LogP contribution is 2.35. The second-order valence-electron chi connectivity index (χ2n) is 5.77. The summed E-state index contributed by atoms with van der Waals surface area (Å²) in [6.45, 7) is 1.28. The number of hydrogen-bond donors (Lipinski definition) is 1. The Kier molecular flexibility index (Phi) is 5.27. The number of carboxylic acids is 1. The zero-order chi connectivity index (χ0) is 19.6. The van der Waals surface area contributed by atoms with Crippen LogP contribution in [-0.2, 0) is 14.4 Å². The Morgan fingerprint density at radius 1 is 1.11 bits per heavy atom. The zero-order valence-electron chi connectivity index (χ0n) is 14.2. The van der Waals surface area contributed by atoms with Gasteiger partial charge in [-0.05, 0) is 36.4 Å². The van der Waals surface area contributed by atoms with Crippen molar-refractivity contribution >= 4 is 41.2 Å². The number of amides is 2. The van der Waals surface area contributed by atoms with E-state index in [1.807, 2.05) is 0 Å². The molecule has 0 unspecified atom stereocenters. The number of esters is 1. The predicted molar refractivity (Wildman–Crippen MR) is 97.9 cm³/mol. The third kappa shape index (κ3) is 4.01. The maximum atomic E-state index is 12.7. The summed E-state index contributed by atoms with van der Waals surface area (Å²) in [6, 6.07) is 12.4. The average molecular weight is 385 g/mol. The maximum Gasteiger partial charge on any atom is 0.336 e. The Balaban J connectivity index is 1.79. The van der Waals surface area contributed by atoms with Crippen LogP contribution in [0.15, 0.2) is 53.4 Å². The van der Waals surface area contributed by atoms with Gasteiger partial charge in [-0.3, -0.25) is 14.4 Å². The van der Waals surface area contributed by atoms with Crippen molar-refractivity contribution in [2.45, 2.75) is 23.5 Å². The molecule has 1 N–H and O–H groups in total. The number of hydrogen-bond acceptors (Lipinski definition) is 6. The average Bonchev–Trinajstić information content (AvgIpc) is 2.89. The van der Waals surface area contributed by atoms with Gasteiger partial charge in [0.2, 0.25) is 11.8 Å². The molecule has 27 heavy (non-hydrogen) atoms. The quantitative estimate of drug-likeness (QED) is 0.480. The van der Waals surface area contributed by atoms with Crippen molar-refractivity contribution in [3.63, 3.8) is 0 Å². The molecule has 1 saturated heterocycles. The standard InChI is InChI=1S/C19H15NO6S/c1-11(21)26-13-8-6-12(7-9-13)20-17(22)10-16(18(20)23)27-15-5-3-2-4-14(15)19(24)25/h2-9,16H,10H2,1H3,(H,24,25)/t16-/m1/s1. The molecule has 2 amide bonds. The third-order valence-electron chi connectivity index (χ3n) is 3.85. The van der Waals surface area contributed by atoms with Crippen molar-refractivity contribution in [2.75, 3.05) is 4.90 Å². The first-order valence-electron chi connectivity index (χ1n) is 8.01. The number of nitrogens with zero attached hydrogens (tertiary/aromatic N) is 1. The van der Waals surface area contributed by atoms with Crippen LogP contribution < -0.4 is 9.64 Å². The molecule has 8 heteroatoms. The normalized spacial score (nSPS) is 16.5. The lowest BCUT2D eigenvalue weighted by Gasteiger charge is -2.15. The van der Waals surface area contributed by atoms with E-state index < -0.39 is 23.1 Å². The first-order valence-corrected chi connectivity index (χ1v) is 8.89. The summed E-state index contributed by atoms with van der Waals surface area (Å²) >= 11 is 1.07. The molecule has 7 nitrogen and oxygen atoms in total. The molecule has 1 fully saturated rings. The number of aromatic carboxylic acids is 1. The number of ether oxygens (including phenoxy) is 1. The molecule has 138 valence electrons. The number of anilines is 1. The van der Waals surface area contributed by atoms with Gasteiger partial charge >= 0.3 is 11.9 Å². The van der Waals surface area contributed by atoms with Crippen LogP contribution >= 0.6 is 11.8 Å². The molecule has 0 spiro atoms. The van der Waals surface area contributed by atoms with E-state index in [0.29, 0.717) is 16.3 Å². The fourth-order valence-electron chi connectivity index (χ4n) is 2.70. The van der Waals surface area contributed by atoms with Crippen LogP contribution in [0.5, 0.6) is 5.75 Å². The van der Waals surface area contributed by atoms with Crippen molar-refractivity contribution in [1.82, 2.24) is 0 Å². The molecule has 0 aliphatic carbocycles. The van der Waals surface area contributed by atoms with Crippen LogP contribution in [0, 0.1) is 0 Å². The number of carboxylic acid groups (broad SMARTS) is 1. The fraction of sp³-hybridized carbons (Fsp3) is 0.158. The van der Waals surface area contributed by atoms with Gasteiger partial charge in [0, 0.05) is 18.2 Å². The van der Waals surface area contributed by atoms with E-state index in [-0.39, 0.29) is 17.9 Å². The number of rotatable bonds is 5. The summed E-state index contributed by atoms with van der Waals surface area (Å²) in [4.78, 5) is 48.9. The molecule has 0 saturated carbocycles. The van der Waals surface area contributed by atoms with Gasteiger partial charge in [0.1, 0.15) is 5.75 Å². The van der Waals surface area contributed by atoms with Gasteiger partial charge in [0.25, 0.3) is 0 Å². The van der Waals surface area contributed by atoms with Gasteiger partial charge in [0.15, 0.2) is 0 Å². The van der Waals surface area contributed by atoms with Crippen LogP contribution in [0.3, 0.4) is 0 Å². The van der Waals surface area contributed by atoms with Crippen molar-refractivity contribution in [3.05, 3.63) is 54.1 Å². The Labute approximate surface area is 158 Å². The second-order valence-corrected chi connectivity index (χ2v) is 7.01. The van der Waals surface area contributed by atoms with E-state index in [1.165, 1.54) is 37.3 Å².